The van der Waals surface area contributed by atoms with Gasteiger partial charge >= 0.3 is 0 Å². The van der Waals surface area contributed by atoms with Crippen molar-refractivity contribution in [2.75, 3.05) is 22.1 Å². The Morgan fingerprint density at radius 1 is 0.708 bits per heavy atom. The van der Waals surface area contributed by atoms with Gasteiger partial charge in [-0.05, 0) is 100 Å². The van der Waals surface area contributed by atoms with Gasteiger partial charge in [-0.3, -0.25) is 0 Å². The molecule has 0 radical (unpaired) electrons. The minimum absolute atomic E-state index is 0.177. The highest BCUT2D eigenvalue weighted by atomic mass is 35.5. The maximum Gasteiger partial charge on any atom is 0.221 e. The first-order chi connectivity index (χ1) is 23.0. The van der Waals surface area contributed by atoms with Gasteiger partial charge < -0.3 is 32.3 Å². The third-order valence-corrected chi connectivity index (χ3v) is 11.0. The summed E-state index contributed by atoms with van der Waals surface area (Å²) >= 11 is 15.1. The number of nitrogens with two attached hydrogens (primary N) is 2. The number of benzene rings is 2. The normalized spacial score (nSPS) is 20.8. The van der Waals surface area contributed by atoms with Gasteiger partial charge in [0.1, 0.15) is 17.5 Å². The quantitative estimate of drug-likeness (QED) is 0.105. The van der Waals surface area contributed by atoms with E-state index in [1.807, 2.05) is 25.1 Å². The van der Waals surface area contributed by atoms with E-state index in [1.165, 1.54) is 23.9 Å². The molecule has 15 heteroatoms. The van der Waals surface area contributed by atoms with E-state index in [0.29, 0.717) is 21.8 Å². The van der Waals surface area contributed by atoms with Gasteiger partial charge in [-0.15, -0.1) is 0 Å². The summed E-state index contributed by atoms with van der Waals surface area (Å²) in [6.45, 7) is 2.03. The fourth-order valence-corrected chi connectivity index (χ4v) is 7.72. The predicted molar refractivity (Wildman–Crippen MR) is 193 cm³/mol. The van der Waals surface area contributed by atoms with E-state index in [-0.39, 0.29) is 36.0 Å². The smallest absolute Gasteiger partial charge is 0.221 e. The molecule has 0 bridgehead atoms. The first-order valence-corrected chi connectivity index (χ1v) is 18.1. The number of aryl methyl sites for hydroxylation is 1. The van der Waals surface area contributed by atoms with Crippen LogP contribution in [0.3, 0.4) is 0 Å². The van der Waals surface area contributed by atoms with Crippen LogP contribution in [0.2, 0.25) is 10.0 Å². The van der Waals surface area contributed by atoms with Gasteiger partial charge in [-0.1, -0.05) is 46.7 Å². The van der Waals surface area contributed by atoms with E-state index in [2.05, 4.69) is 30.6 Å². The lowest BCUT2D eigenvalue weighted by molar-refractivity contribution is 0.125. The molecule has 48 heavy (non-hydrogen) atoms. The van der Waals surface area contributed by atoms with Crippen LogP contribution in [0.5, 0.6) is 0 Å². The summed E-state index contributed by atoms with van der Waals surface area (Å²) in [4.78, 5) is 20.3. The van der Waals surface area contributed by atoms with Crippen LogP contribution in [-0.4, -0.2) is 54.4 Å². The summed E-state index contributed by atoms with van der Waals surface area (Å²) in [5.74, 6) is 1.45. The summed E-state index contributed by atoms with van der Waals surface area (Å²) in [6, 6.07) is 10.6. The second-order valence-electron chi connectivity index (χ2n) is 11.9. The molecule has 8 N–H and O–H groups in total. The largest absolute Gasteiger partial charge is 0.393 e. The maximum atomic E-state index is 13.2. The first kappa shape index (κ1) is 36.2. The highest BCUT2D eigenvalue weighted by Gasteiger charge is 2.22. The Morgan fingerprint density at radius 3 is 1.67 bits per heavy atom. The molecule has 0 amide bonds. The summed E-state index contributed by atoms with van der Waals surface area (Å²) < 4.78 is 13.2. The Labute approximate surface area is 298 Å². The standard InChI is InChI=1S/C17H21ClN4OS.C16H18ClFN4OS/c1-10-8-11(18)2-7-14(10)24-15-9-20-17(19)22-16(15)21-12-3-5-13(23)6-4-12;17-12-7-9(18)1-6-13(12)24-14-8-20-16(19)22-15(14)21-10-2-4-11(23)5-3-10/h2,7-9,12-13,23H,3-6H2,1H3,(H3,19,20,21,22);1,6-8,10-11,23H,2-5H2,(H3,19,20,21,22). The zero-order valence-electron chi connectivity index (χ0n) is 26.4. The number of aromatic nitrogens is 4. The average Bonchev–Trinajstić information content (AvgIpc) is 3.04. The topological polar surface area (TPSA) is 168 Å². The average molecular weight is 734 g/mol. The van der Waals surface area contributed by atoms with E-state index in [0.717, 1.165) is 82.5 Å². The molecule has 0 saturated heterocycles. The van der Waals surface area contributed by atoms with Gasteiger partial charge in [0.25, 0.3) is 0 Å². The number of hydrogen-bond acceptors (Lipinski definition) is 12. The molecule has 6 rings (SSSR count). The second kappa shape index (κ2) is 17.0. The number of hydrogen-bond donors (Lipinski definition) is 6. The third-order valence-electron chi connectivity index (χ3n) is 8.09. The molecule has 256 valence electrons. The van der Waals surface area contributed by atoms with Gasteiger partial charge in [0.15, 0.2) is 0 Å². The van der Waals surface area contributed by atoms with Gasteiger partial charge in [0, 0.05) is 39.3 Å². The highest BCUT2D eigenvalue weighted by Crippen LogP contribution is 2.38. The molecule has 2 aliphatic rings. The van der Waals surface area contributed by atoms with E-state index < -0.39 is 0 Å². The van der Waals surface area contributed by atoms with Crippen LogP contribution in [0.4, 0.5) is 27.9 Å². The molecule has 0 aliphatic heterocycles. The Bertz CT molecular complexity index is 1570. The molecule has 0 atom stereocenters. The molecule has 0 unspecified atom stereocenters. The van der Waals surface area contributed by atoms with Crippen molar-refractivity contribution < 1.29 is 14.6 Å². The zero-order chi connectivity index (χ0) is 34.2. The number of rotatable bonds is 8. The number of nitrogens with zero attached hydrogens (tertiary/aromatic N) is 4. The van der Waals surface area contributed by atoms with E-state index >= 15 is 0 Å². The van der Waals surface area contributed by atoms with Crippen LogP contribution in [0.1, 0.15) is 56.9 Å². The molecule has 2 saturated carbocycles. The molecular weight excluding hydrogens is 694 g/mol. The second-order valence-corrected chi connectivity index (χ2v) is 14.9. The lowest BCUT2D eigenvalue weighted by Gasteiger charge is -2.27. The Balaban J connectivity index is 0.000000188. The van der Waals surface area contributed by atoms with Crippen molar-refractivity contribution >= 4 is 70.3 Å². The number of halogens is 3. The summed E-state index contributed by atoms with van der Waals surface area (Å²) in [6.07, 6.45) is 9.74. The van der Waals surface area contributed by atoms with Crippen LogP contribution in [0, 0.1) is 12.7 Å². The molecule has 4 aromatic rings. The molecule has 2 aliphatic carbocycles. The minimum atomic E-state index is -0.378. The molecule has 2 fully saturated rings. The van der Waals surface area contributed by atoms with Crippen molar-refractivity contribution in [1.82, 2.24) is 19.9 Å². The molecule has 2 aromatic carbocycles. The summed E-state index contributed by atoms with van der Waals surface area (Å²) in [5.41, 5.74) is 12.6. The van der Waals surface area contributed by atoms with Crippen LogP contribution in [-0.2, 0) is 0 Å². The number of anilines is 4. The van der Waals surface area contributed by atoms with Gasteiger partial charge in [0.05, 0.1) is 27.0 Å². The fraction of sp³-hybridized carbons (Fsp3) is 0.394. The van der Waals surface area contributed by atoms with Crippen molar-refractivity contribution in [2.24, 2.45) is 0 Å². The van der Waals surface area contributed by atoms with Gasteiger partial charge in [-0.2, -0.15) is 9.97 Å². The Morgan fingerprint density at radius 2 is 1.19 bits per heavy atom. The first-order valence-electron chi connectivity index (χ1n) is 15.7. The summed E-state index contributed by atoms with van der Waals surface area (Å²) in [7, 11) is 0. The predicted octanol–water partition coefficient (Wildman–Crippen LogP) is 7.61. The van der Waals surface area contributed by atoms with Crippen LogP contribution < -0.4 is 22.1 Å². The zero-order valence-corrected chi connectivity index (χ0v) is 29.5. The van der Waals surface area contributed by atoms with Crippen LogP contribution in [0.25, 0.3) is 0 Å². The molecule has 0 spiro atoms. The maximum absolute atomic E-state index is 13.2. The Kier molecular flexibility index (Phi) is 12.9. The van der Waals surface area contributed by atoms with Crippen molar-refractivity contribution in [1.29, 1.82) is 0 Å². The number of nitrogen functional groups attached to an aromatic ring is 2. The third kappa shape index (κ3) is 10.5. The molecular formula is C33H39Cl2FN8O2S2. The Hall–Kier alpha value is -3.07. The van der Waals surface area contributed by atoms with E-state index in [9.17, 15) is 14.6 Å². The van der Waals surface area contributed by atoms with E-state index in [1.54, 1.807) is 30.2 Å². The van der Waals surface area contributed by atoms with Crippen molar-refractivity contribution in [3.8, 4) is 0 Å². The summed E-state index contributed by atoms with van der Waals surface area (Å²) in [5, 5.41) is 27.2. The van der Waals surface area contributed by atoms with Crippen LogP contribution >= 0.6 is 46.7 Å². The molecule has 10 nitrogen and oxygen atoms in total. The van der Waals surface area contributed by atoms with Crippen molar-refractivity contribution in [3.63, 3.8) is 0 Å². The lowest BCUT2D eigenvalue weighted by Crippen LogP contribution is -2.28. The number of nitrogens with one attached hydrogen (secondary N) is 2. The van der Waals surface area contributed by atoms with E-state index in [4.69, 9.17) is 34.7 Å². The monoisotopic (exact) mass is 732 g/mol. The van der Waals surface area contributed by atoms with Gasteiger partial charge in [0.2, 0.25) is 11.9 Å². The van der Waals surface area contributed by atoms with Crippen molar-refractivity contribution in [2.45, 2.75) is 102 Å². The van der Waals surface area contributed by atoms with Crippen molar-refractivity contribution in [3.05, 3.63) is 70.2 Å². The minimum Gasteiger partial charge on any atom is -0.393 e. The molecule has 2 aromatic heterocycles. The lowest BCUT2D eigenvalue weighted by atomic mass is 9.93. The number of aliphatic hydroxyl groups is 2. The molecule has 2 heterocycles. The van der Waals surface area contributed by atoms with Crippen LogP contribution in [0.15, 0.2) is 68.4 Å². The number of aliphatic hydroxyl groups excluding tert-OH is 2. The SMILES string of the molecule is Cc1cc(Cl)ccc1Sc1cnc(N)nc1NC1CCC(O)CC1.Nc1ncc(Sc2ccc(F)cc2Cl)c(NC2CCC(O)CC2)n1. The van der Waals surface area contributed by atoms with Gasteiger partial charge in [-0.25, -0.2) is 14.4 Å². The highest BCUT2D eigenvalue weighted by molar-refractivity contribution is 7.99. The fourth-order valence-electron chi connectivity index (χ4n) is 5.47.